The van der Waals surface area contributed by atoms with Crippen molar-refractivity contribution in [2.24, 2.45) is 5.73 Å². The predicted molar refractivity (Wildman–Crippen MR) is 75.9 cm³/mol. The highest BCUT2D eigenvalue weighted by molar-refractivity contribution is 5.84. The molecule has 0 aliphatic carbocycles. The number of carbonyl (C=O) groups excluding carboxylic acids is 1. The molecule has 1 saturated heterocycles. The molecule has 0 spiro atoms. The van der Waals surface area contributed by atoms with E-state index < -0.39 is 6.10 Å². The van der Waals surface area contributed by atoms with Crippen molar-refractivity contribution in [1.29, 1.82) is 0 Å². The monoisotopic (exact) mass is 262 g/mol. The molecule has 1 aliphatic rings. The second-order valence-corrected chi connectivity index (χ2v) is 5.09. The molecule has 1 amide bonds. The molecule has 0 saturated carbocycles. The second-order valence-electron chi connectivity index (χ2n) is 5.09. The molecule has 0 aromatic heterocycles. The Morgan fingerprint density at radius 3 is 2.89 bits per heavy atom. The Kier molecular flexibility index (Phi) is 4.43. The van der Waals surface area contributed by atoms with Crippen LogP contribution in [0, 0.1) is 0 Å². The normalized spacial score (nSPS) is 21.2. The van der Waals surface area contributed by atoms with Crippen LogP contribution in [0.25, 0.3) is 0 Å². The number of para-hydroxylation sites is 1. The van der Waals surface area contributed by atoms with E-state index in [-0.39, 0.29) is 11.9 Å². The van der Waals surface area contributed by atoms with Gasteiger partial charge in [0.2, 0.25) is 5.91 Å². The molecular formula is C15H22N2O2. The third-order valence-electron chi connectivity index (χ3n) is 3.82. The van der Waals surface area contributed by atoms with E-state index in [2.05, 4.69) is 4.90 Å². The number of aliphatic hydroxyl groups is 1. The summed E-state index contributed by atoms with van der Waals surface area (Å²) in [5, 5.41) is 10.1. The molecular weight excluding hydrogens is 240 g/mol. The Morgan fingerprint density at radius 2 is 2.21 bits per heavy atom. The molecule has 2 atom stereocenters. The third-order valence-corrected chi connectivity index (χ3v) is 3.82. The number of primary amides is 1. The maximum Gasteiger partial charge on any atom is 0.240 e. The predicted octanol–water partition coefficient (Wildman–Crippen LogP) is 1.97. The van der Waals surface area contributed by atoms with Gasteiger partial charge in [0.15, 0.2) is 0 Å². The van der Waals surface area contributed by atoms with Gasteiger partial charge in [0, 0.05) is 17.8 Å². The topological polar surface area (TPSA) is 66.6 Å². The van der Waals surface area contributed by atoms with Gasteiger partial charge in [0.1, 0.15) is 6.04 Å². The Labute approximate surface area is 114 Å². The van der Waals surface area contributed by atoms with E-state index in [1.54, 1.807) is 0 Å². The summed E-state index contributed by atoms with van der Waals surface area (Å²) in [6.07, 6.45) is 3.05. The molecule has 0 bridgehead atoms. The first-order chi connectivity index (χ1) is 9.15. The summed E-state index contributed by atoms with van der Waals surface area (Å²) < 4.78 is 0. The number of amides is 1. The van der Waals surface area contributed by atoms with E-state index in [0.717, 1.165) is 37.1 Å². The molecule has 0 radical (unpaired) electrons. The zero-order valence-electron chi connectivity index (χ0n) is 11.4. The maximum absolute atomic E-state index is 11.6. The highest BCUT2D eigenvalue weighted by atomic mass is 16.3. The lowest BCUT2D eigenvalue weighted by atomic mass is 9.97. The van der Waals surface area contributed by atoms with E-state index in [1.807, 2.05) is 31.2 Å². The van der Waals surface area contributed by atoms with Crippen molar-refractivity contribution in [3.63, 3.8) is 0 Å². The van der Waals surface area contributed by atoms with E-state index in [4.69, 9.17) is 5.73 Å². The van der Waals surface area contributed by atoms with Crippen molar-refractivity contribution in [2.75, 3.05) is 11.4 Å². The molecule has 1 aliphatic heterocycles. The zero-order valence-corrected chi connectivity index (χ0v) is 11.4. The van der Waals surface area contributed by atoms with Crippen LogP contribution in [-0.2, 0) is 4.79 Å². The van der Waals surface area contributed by atoms with Gasteiger partial charge in [-0.3, -0.25) is 4.79 Å². The number of rotatable bonds is 4. The Balaban J connectivity index is 2.36. The summed E-state index contributed by atoms with van der Waals surface area (Å²) in [7, 11) is 0. The fourth-order valence-electron chi connectivity index (χ4n) is 2.77. The summed E-state index contributed by atoms with van der Waals surface area (Å²) >= 11 is 0. The van der Waals surface area contributed by atoms with Crippen molar-refractivity contribution < 1.29 is 9.90 Å². The van der Waals surface area contributed by atoms with Crippen LogP contribution in [-0.4, -0.2) is 23.6 Å². The molecule has 19 heavy (non-hydrogen) atoms. The van der Waals surface area contributed by atoms with Crippen LogP contribution in [0.5, 0.6) is 0 Å². The Hall–Kier alpha value is -1.55. The first-order valence-corrected chi connectivity index (χ1v) is 6.98. The fourth-order valence-corrected chi connectivity index (χ4v) is 2.77. The van der Waals surface area contributed by atoms with Gasteiger partial charge in [0.05, 0.1) is 6.10 Å². The number of carbonyl (C=O) groups is 1. The zero-order chi connectivity index (χ0) is 13.8. The number of nitrogens with two attached hydrogens (primary N) is 1. The minimum atomic E-state index is -0.494. The molecule has 1 unspecified atom stereocenters. The molecule has 1 aromatic carbocycles. The van der Waals surface area contributed by atoms with Crippen LogP contribution in [0.3, 0.4) is 0 Å². The smallest absolute Gasteiger partial charge is 0.240 e. The van der Waals surface area contributed by atoms with Gasteiger partial charge in [-0.15, -0.1) is 0 Å². The van der Waals surface area contributed by atoms with Crippen LogP contribution < -0.4 is 10.6 Å². The van der Waals surface area contributed by atoms with Gasteiger partial charge in [-0.25, -0.2) is 0 Å². The highest BCUT2D eigenvalue weighted by Gasteiger charge is 2.29. The molecule has 3 N–H and O–H groups in total. The number of piperidine rings is 1. The van der Waals surface area contributed by atoms with Crippen molar-refractivity contribution in [3.05, 3.63) is 29.8 Å². The number of hydrogen-bond donors (Lipinski definition) is 2. The summed E-state index contributed by atoms with van der Waals surface area (Å²) in [4.78, 5) is 13.7. The molecule has 1 fully saturated rings. The number of anilines is 1. The lowest BCUT2D eigenvalue weighted by Gasteiger charge is -2.37. The van der Waals surface area contributed by atoms with Crippen LogP contribution in [0.15, 0.2) is 24.3 Å². The van der Waals surface area contributed by atoms with Crippen LogP contribution in [0.4, 0.5) is 5.69 Å². The minimum absolute atomic E-state index is 0.251. The third kappa shape index (κ3) is 2.89. The Morgan fingerprint density at radius 1 is 1.47 bits per heavy atom. The number of nitrogens with zero attached hydrogens (tertiary/aromatic N) is 1. The lowest BCUT2D eigenvalue weighted by Crippen LogP contribution is -2.48. The van der Waals surface area contributed by atoms with Gasteiger partial charge >= 0.3 is 0 Å². The van der Waals surface area contributed by atoms with Crippen LogP contribution in [0.1, 0.15) is 44.3 Å². The lowest BCUT2D eigenvalue weighted by molar-refractivity contribution is -0.119. The van der Waals surface area contributed by atoms with Crippen LogP contribution >= 0.6 is 0 Å². The number of hydrogen-bond acceptors (Lipinski definition) is 3. The molecule has 1 heterocycles. The fraction of sp³-hybridized carbons (Fsp3) is 0.533. The van der Waals surface area contributed by atoms with Crippen molar-refractivity contribution in [3.8, 4) is 0 Å². The molecule has 1 aromatic rings. The first-order valence-electron chi connectivity index (χ1n) is 6.98. The van der Waals surface area contributed by atoms with E-state index in [0.29, 0.717) is 6.42 Å². The highest BCUT2D eigenvalue weighted by Crippen LogP contribution is 2.32. The van der Waals surface area contributed by atoms with Crippen molar-refractivity contribution in [2.45, 2.75) is 44.8 Å². The summed E-state index contributed by atoms with van der Waals surface area (Å²) in [6, 6.07) is 7.50. The Bertz CT molecular complexity index is 448. The maximum atomic E-state index is 11.6. The average molecular weight is 262 g/mol. The van der Waals surface area contributed by atoms with Gasteiger partial charge in [-0.2, -0.15) is 0 Å². The van der Waals surface area contributed by atoms with Crippen molar-refractivity contribution >= 4 is 11.6 Å². The number of benzene rings is 1. The van der Waals surface area contributed by atoms with E-state index in [1.165, 1.54) is 0 Å². The molecule has 4 heteroatoms. The second kappa shape index (κ2) is 6.06. The quantitative estimate of drug-likeness (QED) is 0.872. The van der Waals surface area contributed by atoms with Gasteiger partial charge < -0.3 is 15.7 Å². The average Bonchev–Trinajstić information content (AvgIpc) is 2.46. The van der Waals surface area contributed by atoms with Gasteiger partial charge in [0.25, 0.3) is 0 Å². The van der Waals surface area contributed by atoms with Crippen molar-refractivity contribution in [1.82, 2.24) is 0 Å². The standard InChI is InChI=1S/C15H22N2O2/c1-2-14(18)11-7-3-4-8-12(11)17-10-6-5-9-13(17)15(16)19/h3-4,7-8,13-14,18H,2,5-6,9-10H2,1H3,(H2,16,19)/t13?,14-/m1/s1. The van der Waals surface area contributed by atoms with Gasteiger partial charge in [-0.05, 0) is 31.7 Å². The minimum Gasteiger partial charge on any atom is -0.388 e. The van der Waals surface area contributed by atoms with E-state index in [9.17, 15) is 9.90 Å². The molecule has 2 rings (SSSR count). The largest absolute Gasteiger partial charge is 0.388 e. The first kappa shape index (κ1) is 13.9. The summed E-state index contributed by atoms with van der Waals surface area (Å²) in [6.45, 7) is 2.77. The van der Waals surface area contributed by atoms with Gasteiger partial charge in [-0.1, -0.05) is 25.1 Å². The SMILES string of the molecule is CC[C@@H](O)c1ccccc1N1CCCCC1C(N)=O. The molecule has 104 valence electrons. The summed E-state index contributed by atoms with van der Waals surface area (Å²) in [5.41, 5.74) is 7.34. The molecule has 4 nitrogen and oxygen atoms in total. The number of aliphatic hydroxyl groups excluding tert-OH is 1. The van der Waals surface area contributed by atoms with E-state index >= 15 is 0 Å². The summed E-state index contributed by atoms with van der Waals surface area (Å²) in [5.74, 6) is -0.277. The van der Waals surface area contributed by atoms with Crippen LogP contribution in [0.2, 0.25) is 0 Å².